The normalized spacial score (nSPS) is 13.5. The van der Waals surface area contributed by atoms with Crippen LogP contribution in [0.5, 0.6) is 5.75 Å². The van der Waals surface area contributed by atoms with Crippen LogP contribution in [0.25, 0.3) is 0 Å². The highest BCUT2D eigenvalue weighted by Crippen LogP contribution is 2.22. The highest BCUT2D eigenvalue weighted by molar-refractivity contribution is 5.30. The van der Waals surface area contributed by atoms with Crippen molar-refractivity contribution in [1.29, 1.82) is 0 Å². The summed E-state index contributed by atoms with van der Waals surface area (Å²) >= 11 is 0. The summed E-state index contributed by atoms with van der Waals surface area (Å²) in [7, 11) is 1.50. The Labute approximate surface area is 102 Å². The molecule has 4 heteroatoms. The van der Waals surface area contributed by atoms with Crippen LogP contribution >= 0.6 is 0 Å². The summed E-state index contributed by atoms with van der Waals surface area (Å²) in [6.45, 7) is 6.09. The molecule has 2 N–H and O–H groups in total. The number of methoxy groups -OCH3 is 1. The van der Waals surface area contributed by atoms with E-state index in [1.165, 1.54) is 13.2 Å². The molecule has 0 amide bonds. The van der Waals surface area contributed by atoms with Gasteiger partial charge >= 0.3 is 0 Å². The molecule has 96 valence electrons. The first-order valence-electron chi connectivity index (χ1n) is 5.56. The summed E-state index contributed by atoms with van der Waals surface area (Å²) in [5.41, 5.74) is 6.05. The number of hydrogen-bond donors (Lipinski definition) is 1. The highest BCUT2D eigenvalue weighted by atomic mass is 19.1. The van der Waals surface area contributed by atoms with Crippen LogP contribution in [0.3, 0.4) is 0 Å². The molecule has 0 aliphatic carbocycles. The molecule has 0 aliphatic rings. The zero-order valence-electron chi connectivity index (χ0n) is 10.8. The Morgan fingerprint density at radius 1 is 1.35 bits per heavy atom. The largest absolute Gasteiger partial charge is 0.497 e. The Bertz CT molecular complexity index is 374. The van der Waals surface area contributed by atoms with Gasteiger partial charge in [-0.2, -0.15) is 0 Å². The van der Waals surface area contributed by atoms with Gasteiger partial charge in [-0.05, 0) is 26.8 Å². The summed E-state index contributed by atoms with van der Waals surface area (Å²) < 4.78 is 24.2. The van der Waals surface area contributed by atoms with Crippen molar-refractivity contribution in [2.75, 3.05) is 13.7 Å². The number of rotatable bonds is 4. The van der Waals surface area contributed by atoms with Gasteiger partial charge in [0.15, 0.2) is 0 Å². The molecule has 3 nitrogen and oxygen atoms in total. The first kappa shape index (κ1) is 13.9. The summed E-state index contributed by atoms with van der Waals surface area (Å²) in [6.07, 6.45) is 0. The van der Waals surface area contributed by atoms with E-state index in [1.54, 1.807) is 12.1 Å². The van der Waals surface area contributed by atoms with Crippen LogP contribution in [0.4, 0.5) is 4.39 Å². The van der Waals surface area contributed by atoms with Gasteiger partial charge in [-0.3, -0.25) is 0 Å². The van der Waals surface area contributed by atoms with Crippen molar-refractivity contribution >= 4 is 0 Å². The molecule has 0 aromatic heterocycles. The summed E-state index contributed by atoms with van der Waals surface area (Å²) in [4.78, 5) is 0. The van der Waals surface area contributed by atoms with Gasteiger partial charge in [-0.25, -0.2) is 4.39 Å². The van der Waals surface area contributed by atoms with Gasteiger partial charge in [0.2, 0.25) is 0 Å². The van der Waals surface area contributed by atoms with Crippen molar-refractivity contribution in [2.24, 2.45) is 5.73 Å². The van der Waals surface area contributed by atoms with Crippen molar-refractivity contribution in [3.63, 3.8) is 0 Å². The van der Waals surface area contributed by atoms with Crippen LogP contribution in [0.2, 0.25) is 0 Å². The van der Waals surface area contributed by atoms with Gasteiger partial charge in [0.05, 0.1) is 25.4 Å². The second-order valence-electron chi connectivity index (χ2n) is 4.92. The highest BCUT2D eigenvalue weighted by Gasteiger charge is 2.16. The smallest absolute Gasteiger partial charge is 0.131 e. The molecule has 17 heavy (non-hydrogen) atoms. The van der Waals surface area contributed by atoms with Gasteiger partial charge in [0.25, 0.3) is 0 Å². The molecule has 1 aromatic rings. The van der Waals surface area contributed by atoms with E-state index in [-0.39, 0.29) is 18.0 Å². The van der Waals surface area contributed by atoms with Crippen molar-refractivity contribution in [1.82, 2.24) is 0 Å². The van der Waals surface area contributed by atoms with E-state index in [9.17, 15) is 4.39 Å². The molecule has 0 heterocycles. The molecule has 0 fully saturated rings. The van der Waals surface area contributed by atoms with Crippen LogP contribution in [-0.4, -0.2) is 19.3 Å². The van der Waals surface area contributed by atoms with E-state index in [2.05, 4.69) is 0 Å². The van der Waals surface area contributed by atoms with Gasteiger partial charge in [-0.15, -0.1) is 0 Å². The molecule has 0 saturated heterocycles. The Morgan fingerprint density at radius 2 is 2.00 bits per heavy atom. The van der Waals surface area contributed by atoms with E-state index < -0.39 is 6.04 Å². The number of hydrogen-bond acceptors (Lipinski definition) is 3. The lowest BCUT2D eigenvalue weighted by Crippen LogP contribution is -2.26. The SMILES string of the molecule is COc1ccc(C(N)COC(C)(C)C)c(F)c1. The fourth-order valence-electron chi connectivity index (χ4n) is 1.37. The lowest BCUT2D eigenvalue weighted by atomic mass is 10.1. The summed E-state index contributed by atoms with van der Waals surface area (Å²) in [5, 5.41) is 0. The van der Waals surface area contributed by atoms with Gasteiger partial charge in [0.1, 0.15) is 11.6 Å². The zero-order chi connectivity index (χ0) is 13.1. The predicted molar refractivity (Wildman–Crippen MR) is 65.6 cm³/mol. The number of benzene rings is 1. The minimum Gasteiger partial charge on any atom is -0.497 e. The van der Waals surface area contributed by atoms with Crippen LogP contribution in [-0.2, 0) is 4.74 Å². The van der Waals surface area contributed by atoms with Gasteiger partial charge < -0.3 is 15.2 Å². The number of halogens is 1. The molecule has 1 unspecified atom stereocenters. The van der Waals surface area contributed by atoms with Crippen molar-refractivity contribution in [2.45, 2.75) is 32.4 Å². The number of ether oxygens (including phenoxy) is 2. The molecule has 0 aliphatic heterocycles. The van der Waals surface area contributed by atoms with Crippen LogP contribution in [0, 0.1) is 5.82 Å². The van der Waals surface area contributed by atoms with E-state index in [4.69, 9.17) is 15.2 Å². The van der Waals surface area contributed by atoms with Gasteiger partial charge in [0, 0.05) is 11.6 Å². The molecule has 0 spiro atoms. The lowest BCUT2D eigenvalue weighted by molar-refractivity contribution is -0.0106. The molecule has 0 bridgehead atoms. The summed E-state index contributed by atoms with van der Waals surface area (Å²) in [6, 6.07) is 4.17. The Hall–Kier alpha value is -1.13. The standard InChI is InChI=1S/C13H20FNO2/c1-13(2,3)17-8-12(15)10-6-5-9(16-4)7-11(10)14/h5-7,12H,8,15H2,1-4H3. The molecule has 1 aromatic carbocycles. The van der Waals surface area contributed by atoms with E-state index >= 15 is 0 Å². The maximum absolute atomic E-state index is 13.7. The molecule has 0 saturated carbocycles. The first-order chi connectivity index (χ1) is 7.83. The van der Waals surface area contributed by atoms with Crippen LogP contribution in [0.1, 0.15) is 32.4 Å². The fourth-order valence-corrected chi connectivity index (χ4v) is 1.37. The summed E-state index contributed by atoms with van der Waals surface area (Å²) in [5.74, 6) is 0.115. The average molecular weight is 241 g/mol. The van der Waals surface area contributed by atoms with Crippen molar-refractivity contribution in [3.8, 4) is 5.75 Å². The average Bonchev–Trinajstić information content (AvgIpc) is 2.24. The third-order valence-electron chi connectivity index (χ3n) is 2.30. The van der Waals surface area contributed by atoms with Crippen LogP contribution < -0.4 is 10.5 Å². The van der Waals surface area contributed by atoms with E-state index in [0.29, 0.717) is 11.3 Å². The molecular formula is C13H20FNO2. The Balaban J connectivity index is 2.72. The van der Waals surface area contributed by atoms with Gasteiger partial charge in [-0.1, -0.05) is 6.07 Å². The molecule has 1 rings (SSSR count). The van der Waals surface area contributed by atoms with E-state index in [0.717, 1.165) is 0 Å². The second kappa shape index (κ2) is 5.47. The fraction of sp³-hybridized carbons (Fsp3) is 0.538. The lowest BCUT2D eigenvalue weighted by Gasteiger charge is -2.23. The molecular weight excluding hydrogens is 221 g/mol. The molecule has 0 radical (unpaired) electrons. The van der Waals surface area contributed by atoms with Crippen molar-refractivity contribution in [3.05, 3.63) is 29.6 Å². The Kier molecular flexibility index (Phi) is 4.48. The van der Waals surface area contributed by atoms with E-state index in [1.807, 2.05) is 20.8 Å². The molecule has 1 atom stereocenters. The quantitative estimate of drug-likeness (QED) is 0.881. The van der Waals surface area contributed by atoms with Crippen LogP contribution in [0.15, 0.2) is 18.2 Å². The second-order valence-corrected chi connectivity index (χ2v) is 4.92. The third kappa shape index (κ3) is 4.32. The minimum absolute atomic E-state index is 0.277. The third-order valence-corrected chi connectivity index (χ3v) is 2.30. The predicted octanol–water partition coefficient (Wildman–Crippen LogP) is 2.65. The Morgan fingerprint density at radius 3 is 2.47 bits per heavy atom. The zero-order valence-corrected chi connectivity index (χ0v) is 10.8. The minimum atomic E-state index is -0.472. The maximum Gasteiger partial charge on any atom is 0.131 e. The van der Waals surface area contributed by atoms with Crippen molar-refractivity contribution < 1.29 is 13.9 Å². The topological polar surface area (TPSA) is 44.5 Å². The maximum atomic E-state index is 13.7. The monoisotopic (exact) mass is 241 g/mol. The number of nitrogens with two attached hydrogens (primary N) is 1. The first-order valence-corrected chi connectivity index (χ1v) is 5.56.